The number of hydrogen-bond donors (Lipinski definition) is 2. The lowest BCUT2D eigenvalue weighted by Crippen LogP contribution is -2.54. The van der Waals surface area contributed by atoms with Crippen LogP contribution in [0.25, 0.3) is 0 Å². The maximum absolute atomic E-state index is 11.5. The number of primary amides is 1. The maximum Gasteiger partial charge on any atom is 0.237 e. The van der Waals surface area contributed by atoms with Crippen LogP contribution in [0.3, 0.4) is 0 Å². The first-order valence-corrected chi connectivity index (χ1v) is 7.78. The lowest BCUT2D eigenvalue weighted by atomic mass is 9.98. The van der Waals surface area contributed by atoms with Gasteiger partial charge < -0.3 is 11.1 Å². The number of carbonyl (C=O) groups excluding carboxylic acids is 1. The van der Waals surface area contributed by atoms with E-state index in [-0.39, 0.29) is 5.91 Å². The third-order valence-electron chi connectivity index (χ3n) is 3.49. The Kier molecular flexibility index (Phi) is 5.80. The Morgan fingerprint density at radius 2 is 2.24 bits per heavy atom. The molecule has 0 bridgehead atoms. The predicted molar refractivity (Wildman–Crippen MR) is 75.2 cm³/mol. The third-order valence-corrected chi connectivity index (χ3v) is 4.79. The van der Waals surface area contributed by atoms with Crippen molar-refractivity contribution in [2.45, 2.75) is 58.0 Å². The van der Waals surface area contributed by atoms with Crippen LogP contribution in [-0.2, 0) is 4.79 Å². The second kappa shape index (κ2) is 6.64. The highest BCUT2D eigenvalue weighted by molar-refractivity contribution is 7.99. The van der Waals surface area contributed by atoms with Gasteiger partial charge in [0.25, 0.3) is 0 Å². The van der Waals surface area contributed by atoms with Crippen molar-refractivity contribution in [1.82, 2.24) is 5.32 Å². The molecule has 1 aliphatic carbocycles. The second-order valence-corrected chi connectivity index (χ2v) is 6.60. The molecule has 0 aromatic heterocycles. The van der Waals surface area contributed by atoms with Gasteiger partial charge in [0.1, 0.15) is 0 Å². The Labute approximate surface area is 109 Å². The molecule has 1 saturated carbocycles. The van der Waals surface area contributed by atoms with Gasteiger partial charge in [-0.25, -0.2) is 0 Å². The summed E-state index contributed by atoms with van der Waals surface area (Å²) in [5.41, 5.74) is 4.99. The molecule has 3 nitrogen and oxygen atoms in total. The van der Waals surface area contributed by atoms with Crippen molar-refractivity contribution >= 4 is 17.7 Å². The highest BCUT2D eigenvalue weighted by Crippen LogP contribution is 2.25. The molecule has 1 amide bonds. The average Bonchev–Trinajstić information content (AvgIpc) is 3.07. The topological polar surface area (TPSA) is 55.1 Å². The Morgan fingerprint density at radius 1 is 1.59 bits per heavy atom. The predicted octanol–water partition coefficient (Wildman–Crippen LogP) is 2.15. The number of hydrogen-bond acceptors (Lipinski definition) is 3. The molecule has 4 heteroatoms. The molecule has 0 radical (unpaired) electrons. The van der Waals surface area contributed by atoms with Crippen LogP contribution in [0.4, 0.5) is 0 Å². The fourth-order valence-electron chi connectivity index (χ4n) is 1.62. The SMILES string of the molecule is CCC(C)CSCCC(C)(NC1CC1)C(N)=O. The second-order valence-electron chi connectivity index (χ2n) is 5.45. The zero-order valence-electron chi connectivity index (χ0n) is 11.3. The number of amides is 1. The summed E-state index contributed by atoms with van der Waals surface area (Å²) in [6, 6.07) is 0.520. The molecule has 0 aromatic rings. The van der Waals surface area contributed by atoms with Gasteiger partial charge in [-0.15, -0.1) is 0 Å². The number of thioether (sulfide) groups is 1. The van der Waals surface area contributed by atoms with Gasteiger partial charge in [0.2, 0.25) is 5.91 Å². The number of nitrogens with two attached hydrogens (primary N) is 1. The Morgan fingerprint density at radius 3 is 2.71 bits per heavy atom. The van der Waals surface area contributed by atoms with Crippen LogP contribution in [-0.4, -0.2) is 29.0 Å². The van der Waals surface area contributed by atoms with Crippen molar-refractivity contribution < 1.29 is 4.79 Å². The molecule has 1 rings (SSSR count). The van der Waals surface area contributed by atoms with E-state index in [1.807, 2.05) is 18.7 Å². The molecule has 2 atom stereocenters. The molecular formula is C13H26N2OS. The molecule has 0 aliphatic heterocycles. The van der Waals surface area contributed by atoms with Crippen LogP contribution < -0.4 is 11.1 Å². The van der Waals surface area contributed by atoms with Crippen molar-refractivity contribution in [2.24, 2.45) is 11.7 Å². The zero-order valence-corrected chi connectivity index (χ0v) is 12.1. The van der Waals surface area contributed by atoms with Crippen molar-refractivity contribution in [3.8, 4) is 0 Å². The highest BCUT2D eigenvalue weighted by Gasteiger charge is 2.36. The molecule has 0 saturated heterocycles. The Balaban J connectivity index is 2.26. The summed E-state index contributed by atoms with van der Waals surface area (Å²) in [4.78, 5) is 11.5. The normalized spacial score (nSPS) is 20.9. The fraction of sp³-hybridized carbons (Fsp3) is 0.923. The van der Waals surface area contributed by atoms with Crippen LogP contribution in [0.1, 0.15) is 46.5 Å². The molecule has 0 spiro atoms. The van der Waals surface area contributed by atoms with Gasteiger partial charge in [0, 0.05) is 6.04 Å². The molecule has 1 fully saturated rings. The van der Waals surface area contributed by atoms with E-state index in [4.69, 9.17) is 5.73 Å². The standard InChI is InChI=1S/C13H26N2OS/c1-4-10(2)9-17-8-7-13(3,12(14)16)15-11-5-6-11/h10-11,15H,4-9H2,1-3H3,(H2,14,16). The summed E-state index contributed by atoms with van der Waals surface area (Å²) in [5.74, 6) is 2.72. The molecule has 3 N–H and O–H groups in total. The van der Waals surface area contributed by atoms with E-state index in [1.165, 1.54) is 25.0 Å². The molecule has 100 valence electrons. The van der Waals surface area contributed by atoms with Gasteiger partial charge in [0.15, 0.2) is 0 Å². The van der Waals surface area contributed by atoms with E-state index >= 15 is 0 Å². The monoisotopic (exact) mass is 258 g/mol. The van der Waals surface area contributed by atoms with Crippen molar-refractivity contribution in [3.63, 3.8) is 0 Å². The van der Waals surface area contributed by atoms with Gasteiger partial charge in [0.05, 0.1) is 5.54 Å². The average molecular weight is 258 g/mol. The summed E-state index contributed by atoms with van der Waals surface area (Å²) in [6.07, 6.45) is 4.42. The molecule has 2 unspecified atom stereocenters. The lowest BCUT2D eigenvalue weighted by Gasteiger charge is -2.27. The third kappa shape index (κ3) is 5.30. The van der Waals surface area contributed by atoms with Crippen LogP contribution >= 0.6 is 11.8 Å². The molecule has 0 heterocycles. The van der Waals surface area contributed by atoms with E-state index in [0.29, 0.717) is 6.04 Å². The summed E-state index contributed by atoms with van der Waals surface area (Å²) in [5, 5.41) is 3.38. The van der Waals surface area contributed by atoms with Gasteiger partial charge in [-0.05, 0) is 43.6 Å². The van der Waals surface area contributed by atoms with E-state index < -0.39 is 5.54 Å². The van der Waals surface area contributed by atoms with Gasteiger partial charge in [-0.2, -0.15) is 11.8 Å². The number of rotatable bonds is 9. The lowest BCUT2D eigenvalue weighted by molar-refractivity contribution is -0.124. The highest BCUT2D eigenvalue weighted by atomic mass is 32.2. The van der Waals surface area contributed by atoms with Crippen molar-refractivity contribution in [3.05, 3.63) is 0 Å². The van der Waals surface area contributed by atoms with Gasteiger partial charge in [-0.3, -0.25) is 4.79 Å². The first-order chi connectivity index (χ1) is 7.98. The van der Waals surface area contributed by atoms with E-state index in [0.717, 1.165) is 18.1 Å². The molecule has 17 heavy (non-hydrogen) atoms. The van der Waals surface area contributed by atoms with E-state index in [9.17, 15) is 4.79 Å². The van der Waals surface area contributed by atoms with Crippen LogP contribution in [0.5, 0.6) is 0 Å². The smallest absolute Gasteiger partial charge is 0.237 e. The van der Waals surface area contributed by atoms with Gasteiger partial charge in [-0.1, -0.05) is 20.3 Å². The largest absolute Gasteiger partial charge is 0.368 e. The molecule has 1 aliphatic rings. The zero-order chi connectivity index (χ0) is 12.9. The van der Waals surface area contributed by atoms with E-state index in [1.54, 1.807) is 0 Å². The van der Waals surface area contributed by atoms with Crippen molar-refractivity contribution in [2.75, 3.05) is 11.5 Å². The molecular weight excluding hydrogens is 232 g/mol. The number of nitrogens with one attached hydrogen (secondary N) is 1. The van der Waals surface area contributed by atoms with Crippen LogP contribution in [0.15, 0.2) is 0 Å². The summed E-state index contributed by atoms with van der Waals surface area (Å²) in [6.45, 7) is 6.42. The number of carbonyl (C=O) groups is 1. The Bertz CT molecular complexity index is 256. The summed E-state index contributed by atoms with van der Waals surface area (Å²) < 4.78 is 0. The summed E-state index contributed by atoms with van der Waals surface area (Å²) in [7, 11) is 0. The van der Waals surface area contributed by atoms with Crippen LogP contribution in [0, 0.1) is 5.92 Å². The quantitative estimate of drug-likeness (QED) is 0.623. The molecule has 0 aromatic carbocycles. The maximum atomic E-state index is 11.5. The minimum atomic E-state index is -0.510. The fourth-order valence-corrected chi connectivity index (χ4v) is 2.98. The van der Waals surface area contributed by atoms with Crippen molar-refractivity contribution in [1.29, 1.82) is 0 Å². The first-order valence-electron chi connectivity index (χ1n) is 6.63. The minimum absolute atomic E-state index is 0.214. The van der Waals surface area contributed by atoms with E-state index in [2.05, 4.69) is 19.2 Å². The van der Waals surface area contributed by atoms with Gasteiger partial charge >= 0.3 is 0 Å². The van der Waals surface area contributed by atoms with Crippen LogP contribution in [0.2, 0.25) is 0 Å². The first kappa shape index (κ1) is 14.8. The summed E-state index contributed by atoms with van der Waals surface area (Å²) >= 11 is 1.93. The Hall–Kier alpha value is -0.220. The minimum Gasteiger partial charge on any atom is -0.368 e.